The van der Waals surface area contributed by atoms with Crippen LogP contribution in [-0.4, -0.2) is 31.8 Å². The molecule has 2 heterocycles. The first-order valence-electron chi connectivity index (χ1n) is 10.6. The molecule has 0 radical (unpaired) electrons. The lowest BCUT2D eigenvalue weighted by Crippen LogP contribution is -2.10. The molecule has 2 N–H and O–H groups in total. The summed E-state index contributed by atoms with van der Waals surface area (Å²) in [4.78, 5) is 20.4. The van der Waals surface area contributed by atoms with E-state index in [2.05, 4.69) is 4.98 Å². The summed E-state index contributed by atoms with van der Waals surface area (Å²) in [6.45, 7) is 7.16. The molecule has 5 nitrogen and oxygen atoms in total. The molecular weight excluding hydrogens is 436 g/mol. The topological polar surface area (TPSA) is 83.3 Å². The van der Waals surface area contributed by atoms with E-state index in [1.54, 1.807) is 33.2 Å². The van der Waals surface area contributed by atoms with E-state index in [9.17, 15) is 9.90 Å². The highest BCUT2D eigenvalue weighted by Crippen LogP contribution is 2.36. The van der Waals surface area contributed by atoms with Crippen LogP contribution in [-0.2, 0) is 11.2 Å². The fraction of sp³-hybridized carbons (Fsp3) is 0.222. The molecule has 0 amide bonds. The number of pyridine rings is 2. The Bertz CT molecular complexity index is 1260. The standard InChI is InChI=1S/C23H17ClN2O2.C4H10O/c1-14-12-21-18(6-7-20(26-21)15-8-10-25-11-9-15)23(19(14)13-22(27)28)16-2-4-17(24)5-3-16;1-4(2,3)5/h2-12H,13H2,1H3,(H,27,28);5H,1-3H3. The van der Waals surface area contributed by atoms with Gasteiger partial charge in [-0.1, -0.05) is 29.8 Å². The highest BCUT2D eigenvalue weighted by molar-refractivity contribution is 6.30. The molecule has 33 heavy (non-hydrogen) atoms. The summed E-state index contributed by atoms with van der Waals surface area (Å²) >= 11 is 6.05. The third kappa shape index (κ3) is 6.60. The lowest BCUT2D eigenvalue weighted by molar-refractivity contribution is -0.136. The zero-order valence-corrected chi connectivity index (χ0v) is 19.9. The van der Waals surface area contributed by atoms with Crippen LogP contribution in [0.3, 0.4) is 0 Å². The molecule has 170 valence electrons. The molecule has 0 aliphatic rings. The predicted octanol–water partition coefficient (Wildman–Crippen LogP) is 6.33. The van der Waals surface area contributed by atoms with Gasteiger partial charge >= 0.3 is 5.97 Å². The molecule has 4 rings (SSSR count). The van der Waals surface area contributed by atoms with Crippen molar-refractivity contribution in [2.45, 2.75) is 39.7 Å². The van der Waals surface area contributed by atoms with Crippen LogP contribution in [0, 0.1) is 6.92 Å². The highest BCUT2D eigenvalue weighted by atomic mass is 35.5. The average molecular weight is 463 g/mol. The molecule has 0 atom stereocenters. The molecule has 6 heteroatoms. The van der Waals surface area contributed by atoms with Crippen molar-refractivity contribution in [3.63, 3.8) is 0 Å². The van der Waals surface area contributed by atoms with Crippen LogP contribution >= 0.6 is 11.6 Å². The van der Waals surface area contributed by atoms with Crippen molar-refractivity contribution < 1.29 is 15.0 Å². The van der Waals surface area contributed by atoms with E-state index in [0.29, 0.717) is 5.02 Å². The number of carboxylic acid groups (broad SMARTS) is 1. The lowest BCUT2D eigenvalue weighted by atomic mass is 9.90. The van der Waals surface area contributed by atoms with Gasteiger partial charge in [-0.05, 0) is 86.3 Å². The lowest BCUT2D eigenvalue weighted by Gasteiger charge is -2.16. The van der Waals surface area contributed by atoms with Crippen LogP contribution in [0.4, 0.5) is 0 Å². The molecule has 0 saturated heterocycles. The normalized spacial score (nSPS) is 11.1. The minimum Gasteiger partial charge on any atom is -0.481 e. The van der Waals surface area contributed by atoms with E-state index >= 15 is 0 Å². The summed E-state index contributed by atoms with van der Waals surface area (Å²) < 4.78 is 0. The number of benzene rings is 2. The van der Waals surface area contributed by atoms with Gasteiger partial charge in [0.1, 0.15) is 0 Å². The number of aliphatic carboxylic acids is 1. The summed E-state index contributed by atoms with van der Waals surface area (Å²) in [5.41, 5.74) is 5.67. The van der Waals surface area contributed by atoms with Crippen LogP contribution in [0.5, 0.6) is 0 Å². The SMILES string of the molecule is CC(C)(C)O.Cc1cc2nc(-c3ccncc3)ccc2c(-c2ccc(Cl)cc2)c1CC(=O)O. The summed E-state index contributed by atoms with van der Waals surface area (Å²) in [6.07, 6.45) is 3.43. The molecule has 4 aromatic rings. The van der Waals surface area contributed by atoms with Gasteiger partial charge in [-0.15, -0.1) is 0 Å². The molecule has 0 aliphatic heterocycles. The molecule has 0 fully saturated rings. The summed E-state index contributed by atoms with van der Waals surface area (Å²) in [6, 6.07) is 17.2. The molecule has 0 aliphatic carbocycles. The van der Waals surface area contributed by atoms with Gasteiger partial charge in [-0.2, -0.15) is 0 Å². The third-order valence-electron chi connectivity index (χ3n) is 4.76. The Labute approximate surface area is 198 Å². The molecule has 2 aromatic heterocycles. The zero-order valence-electron chi connectivity index (χ0n) is 19.1. The molecule has 0 unspecified atom stereocenters. The molecule has 0 bridgehead atoms. The molecule has 2 aromatic carbocycles. The second kappa shape index (κ2) is 10.1. The summed E-state index contributed by atoms with van der Waals surface area (Å²) in [7, 11) is 0. The Hall–Kier alpha value is -3.28. The predicted molar refractivity (Wildman–Crippen MR) is 133 cm³/mol. The van der Waals surface area contributed by atoms with Crippen molar-refractivity contribution in [1.82, 2.24) is 9.97 Å². The van der Waals surface area contributed by atoms with Crippen LogP contribution in [0.15, 0.2) is 67.0 Å². The maximum absolute atomic E-state index is 11.5. The van der Waals surface area contributed by atoms with Crippen molar-refractivity contribution in [2.24, 2.45) is 0 Å². The number of aromatic nitrogens is 2. The van der Waals surface area contributed by atoms with E-state index in [1.165, 1.54) is 0 Å². The Kier molecular flexibility index (Phi) is 7.46. The van der Waals surface area contributed by atoms with Gasteiger partial charge in [0.25, 0.3) is 0 Å². The zero-order chi connectivity index (χ0) is 24.2. The second-order valence-corrected chi connectivity index (χ2v) is 9.23. The van der Waals surface area contributed by atoms with Crippen molar-refractivity contribution in [3.05, 3.63) is 83.1 Å². The Morgan fingerprint density at radius 3 is 2.15 bits per heavy atom. The first kappa shape index (κ1) is 24.4. The summed E-state index contributed by atoms with van der Waals surface area (Å²) in [5.74, 6) is -0.862. The van der Waals surface area contributed by atoms with Gasteiger partial charge in [0.2, 0.25) is 0 Å². The first-order chi connectivity index (χ1) is 15.5. The van der Waals surface area contributed by atoms with Crippen LogP contribution in [0.2, 0.25) is 5.02 Å². The first-order valence-corrected chi connectivity index (χ1v) is 10.9. The number of rotatable bonds is 4. The van der Waals surface area contributed by atoms with Crippen LogP contribution in [0.25, 0.3) is 33.3 Å². The van der Waals surface area contributed by atoms with Crippen molar-refractivity contribution in [2.75, 3.05) is 0 Å². The van der Waals surface area contributed by atoms with Gasteiger partial charge in [-0.25, -0.2) is 4.98 Å². The quantitative estimate of drug-likeness (QED) is 0.370. The fourth-order valence-corrected chi connectivity index (χ4v) is 3.58. The number of nitrogens with zero attached hydrogens (tertiary/aromatic N) is 2. The van der Waals surface area contributed by atoms with Crippen molar-refractivity contribution in [1.29, 1.82) is 0 Å². The number of halogens is 1. The van der Waals surface area contributed by atoms with Crippen LogP contribution in [0.1, 0.15) is 31.9 Å². The smallest absolute Gasteiger partial charge is 0.307 e. The number of carboxylic acids is 1. The van der Waals surface area contributed by atoms with Gasteiger partial charge in [0.05, 0.1) is 23.2 Å². The van der Waals surface area contributed by atoms with Gasteiger partial charge < -0.3 is 10.2 Å². The number of fused-ring (bicyclic) bond motifs is 1. The molecule has 0 saturated carbocycles. The van der Waals surface area contributed by atoms with Gasteiger partial charge in [0.15, 0.2) is 0 Å². The highest BCUT2D eigenvalue weighted by Gasteiger charge is 2.17. The number of aliphatic hydroxyl groups is 1. The van der Waals surface area contributed by atoms with Crippen LogP contribution < -0.4 is 0 Å². The van der Waals surface area contributed by atoms with E-state index in [0.717, 1.165) is 44.4 Å². The summed E-state index contributed by atoms with van der Waals surface area (Å²) in [5, 5.41) is 19.5. The van der Waals surface area contributed by atoms with Crippen molar-refractivity contribution in [3.8, 4) is 22.4 Å². The number of aryl methyl sites for hydroxylation is 1. The second-order valence-electron chi connectivity index (χ2n) is 8.79. The average Bonchev–Trinajstić information content (AvgIpc) is 2.74. The number of hydrogen-bond donors (Lipinski definition) is 2. The van der Waals surface area contributed by atoms with E-state index in [-0.39, 0.29) is 6.42 Å². The Morgan fingerprint density at radius 1 is 0.970 bits per heavy atom. The van der Waals surface area contributed by atoms with E-state index in [4.69, 9.17) is 21.7 Å². The Morgan fingerprint density at radius 2 is 1.58 bits per heavy atom. The van der Waals surface area contributed by atoms with E-state index in [1.807, 2.05) is 61.5 Å². The Balaban J connectivity index is 0.000000555. The molecular formula is C27H27ClN2O3. The monoisotopic (exact) mass is 462 g/mol. The van der Waals surface area contributed by atoms with Crippen molar-refractivity contribution >= 4 is 28.5 Å². The van der Waals surface area contributed by atoms with E-state index < -0.39 is 11.6 Å². The van der Waals surface area contributed by atoms with Gasteiger partial charge in [-0.3, -0.25) is 9.78 Å². The minimum absolute atomic E-state index is 0.0498. The number of hydrogen-bond acceptors (Lipinski definition) is 4. The molecule has 0 spiro atoms. The fourth-order valence-electron chi connectivity index (χ4n) is 3.46. The maximum atomic E-state index is 11.5. The maximum Gasteiger partial charge on any atom is 0.307 e. The largest absolute Gasteiger partial charge is 0.481 e. The minimum atomic E-state index is -0.862. The van der Waals surface area contributed by atoms with Gasteiger partial charge in [0, 0.05) is 28.4 Å². The number of carbonyl (C=O) groups is 1. The third-order valence-corrected chi connectivity index (χ3v) is 5.01.